The number of aliphatic hydroxyl groups excluding tert-OH is 2. The van der Waals surface area contributed by atoms with E-state index in [2.05, 4.69) is 6.92 Å². The summed E-state index contributed by atoms with van der Waals surface area (Å²) >= 11 is 5.84. The zero-order chi connectivity index (χ0) is 8.74. The van der Waals surface area contributed by atoms with Gasteiger partial charge in [0.15, 0.2) is 0 Å². The van der Waals surface area contributed by atoms with Crippen molar-refractivity contribution in [3.05, 3.63) is 0 Å². The van der Waals surface area contributed by atoms with E-state index in [-0.39, 0.29) is 13.2 Å². The molecule has 0 aliphatic heterocycles. The highest BCUT2D eigenvalue weighted by atomic mass is 35.5. The average molecular weight is 181 g/mol. The van der Waals surface area contributed by atoms with Gasteiger partial charge in [-0.15, -0.1) is 11.6 Å². The van der Waals surface area contributed by atoms with E-state index in [0.717, 1.165) is 19.3 Å². The van der Waals surface area contributed by atoms with Crippen LogP contribution in [-0.2, 0) is 0 Å². The Kier molecular flexibility index (Phi) is 5.92. The highest BCUT2D eigenvalue weighted by molar-refractivity contribution is 6.24. The van der Waals surface area contributed by atoms with Gasteiger partial charge in [-0.2, -0.15) is 0 Å². The summed E-state index contributed by atoms with van der Waals surface area (Å²) in [5, 5.41) is 17.6. The fourth-order valence-corrected chi connectivity index (χ4v) is 1.03. The smallest absolute Gasteiger partial charge is 0.0906 e. The Bertz CT molecular complexity index is 92.1. The second kappa shape index (κ2) is 5.81. The predicted octanol–water partition coefficient (Wildman–Crippen LogP) is 1.53. The molecule has 0 heterocycles. The molecule has 0 aliphatic carbocycles. The first-order chi connectivity index (χ1) is 5.18. The molecule has 68 valence electrons. The third kappa shape index (κ3) is 4.62. The quantitative estimate of drug-likeness (QED) is 0.481. The fourth-order valence-electron chi connectivity index (χ4n) is 0.900. The van der Waals surface area contributed by atoms with Crippen LogP contribution in [0.5, 0.6) is 0 Å². The minimum atomic E-state index is -0.783. The van der Waals surface area contributed by atoms with Gasteiger partial charge in [-0.25, -0.2) is 0 Å². The molecule has 0 aliphatic rings. The van der Waals surface area contributed by atoms with Crippen LogP contribution in [0.15, 0.2) is 0 Å². The maximum atomic E-state index is 8.79. The van der Waals surface area contributed by atoms with E-state index in [1.807, 2.05) is 0 Å². The largest absolute Gasteiger partial charge is 0.394 e. The third-order valence-electron chi connectivity index (χ3n) is 1.80. The van der Waals surface area contributed by atoms with Gasteiger partial charge in [0, 0.05) is 0 Å². The number of hydrogen-bond acceptors (Lipinski definition) is 2. The molecule has 2 nitrogen and oxygen atoms in total. The van der Waals surface area contributed by atoms with Crippen LogP contribution >= 0.6 is 11.6 Å². The van der Waals surface area contributed by atoms with Crippen LogP contribution in [-0.4, -0.2) is 28.3 Å². The van der Waals surface area contributed by atoms with E-state index in [0.29, 0.717) is 6.42 Å². The number of hydrogen-bond donors (Lipinski definition) is 2. The summed E-state index contributed by atoms with van der Waals surface area (Å²) in [7, 11) is 0. The maximum Gasteiger partial charge on any atom is 0.0906 e. The minimum Gasteiger partial charge on any atom is -0.394 e. The number of halogens is 1. The van der Waals surface area contributed by atoms with Crippen molar-refractivity contribution in [2.45, 2.75) is 37.5 Å². The second-order valence-electron chi connectivity index (χ2n) is 2.92. The van der Waals surface area contributed by atoms with E-state index in [1.165, 1.54) is 0 Å². The van der Waals surface area contributed by atoms with Gasteiger partial charge < -0.3 is 10.2 Å². The van der Waals surface area contributed by atoms with Crippen molar-refractivity contribution >= 4 is 11.6 Å². The predicted molar refractivity (Wildman–Crippen MR) is 46.9 cm³/mol. The van der Waals surface area contributed by atoms with Gasteiger partial charge in [0.1, 0.15) is 0 Å². The summed E-state index contributed by atoms with van der Waals surface area (Å²) in [4.78, 5) is -0.783. The topological polar surface area (TPSA) is 40.5 Å². The zero-order valence-electron chi connectivity index (χ0n) is 7.02. The molecule has 0 aromatic rings. The standard InChI is InChI=1S/C8H17ClO2/c1-2-3-4-5-8(9,6-10)7-11/h10-11H,2-7H2,1H3. The van der Waals surface area contributed by atoms with Gasteiger partial charge in [0.25, 0.3) is 0 Å². The van der Waals surface area contributed by atoms with Crippen LogP contribution in [0.25, 0.3) is 0 Å². The summed E-state index contributed by atoms with van der Waals surface area (Å²) in [6.45, 7) is 1.82. The van der Waals surface area contributed by atoms with Crippen molar-refractivity contribution in [1.82, 2.24) is 0 Å². The van der Waals surface area contributed by atoms with Gasteiger partial charge in [-0.3, -0.25) is 0 Å². The summed E-state index contributed by atoms with van der Waals surface area (Å²) in [5.41, 5.74) is 0. The molecule has 3 heteroatoms. The number of aliphatic hydroxyl groups is 2. The van der Waals surface area contributed by atoms with Crippen LogP contribution in [0.1, 0.15) is 32.6 Å². The molecule has 2 N–H and O–H groups in total. The van der Waals surface area contributed by atoms with E-state index in [9.17, 15) is 0 Å². The Morgan fingerprint density at radius 2 is 1.73 bits per heavy atom. The van der Waals surface area contributed by atoms with Gasteiger partial charge in [-0.05, 0) is 6.42 Å². The van der Waals surface area contributed by atoms with Crippen LogP contribution < -0.4 is 0 Å². The second-order valence-corrected chi connectivity index (χ2v) is 3.73. The van der Waals surface area contributed by atoms with Crippen molar-refractivity contribution < 1.29 is 10.2 Å². The average Bonchev–Trinajstić information content (AvgIpc) is 2.05. The van der Waals surface area contributed by atoms with Crippen LogP contribution in [0.4, 0.5) is 0 Å². The van der Waals surface area contributed by atoms with E-state index >= 15 is 0 Å². The molecule has 0 unspecified atom stereocenters. The summed E-state index contributed by atoms with van der Waals surface area (Å²) < 4.78 is 0. The third-order valence-corrected chi connectivity index (χ3v) is 2.22. The SMILES string of the molecule is CCCCCC(Cl)(CO)CO. The zero-order valence-corrected chi connectivity index (χ0v) is 7.77. The Morgan fingerprint density at radius 1 is 1.18 bits per heavy atom. The number of rotatable bonds is 6. The number of unbranched alkanes of at least 4 members (excludes halogenated alkanes) is 2. The molecule has 0 bridgehead atoms. The van der Waals surface area contributed by atoms with Crippen LogP contribution in [0, 0.1) is 0 Å². The van der Waals surface area contributed by atoms with E-state index < -0.39 is 4.87 Å². The molecule has 0 fully saturated rings. The van der Waals surface area contributed by atoms with Crippen LogP contribution in [0.2, 0.25) is 0 Å². The summed E-state index contributed by atoms with van der Waals surface area (Å²) in [6, 6.07) is 0. The van der Waals surface area contributed by atoms with Gasteiger partial charge >= 0.3 is 0 Å². The van der Waals surface area contributed by atoms with E-state index in [1.54, 1.807) is 0 Å². The molecular weight excluding hydrogens is 164 g/mol. The normalized spacial score (nSPS) is 12.0. The number of alkyl halides is 1. The molecule has 0 aromatic heterocycles. The molecule has 11 heavy (non-hydrogen) atoms. The molecule has 0 amide bonds. The molecule has 0 spiro atoms. The lowest BCUT2D eigenvalue weighted by Gasteiger charge is -2.21. The van der Waals surface area contributed by atoms with Gasteiger partial charge in [-0.1, -0.05) is 26.2 Å². The highest BCUT2D eigenvalue weighted by Gasteiger charge is 2.24. The van der Waals surface area contributed by atoms with Crippen molar-refractivity contribution in [2.24, 2.45) is 0 Å². The Hall–Kier alpha value is 0.210. The Balaban J connectivity index is 3.51. The lowest BCUT2D eigenvalue weighted by Crippen LogP contribution is -2.30. The molecule has 0 aromatic carbocycles. The Labute approximate surface area is 73.2 Å². The monoisotopic (exact) mass is 180 g/mol. The van der Waals surface area contributed by atoms with Crippen LogP contribution in [0.3, 0.4) is 0 Å². The van der Waals surface area contributed by atoms with E-state index in [4.69, 9.17) is 21.8 Å². The fraction of sp³-hybridized carbons (Fsp3) is 1.00. The maximum absolute atomic E-state index is 8.79. The van der Waals surface area contributed by atoms with Gasteiger partial charge in [0.05, 0.1) is 18.1 Å². The molecular formula is C8H17ClO2. The molecule has 0 radical (unpaired) electrons. The first-order valence-corrected chi connectivity index (χ1v) is 4.47. The van der Waals surface area contributed by atoms with Crippen molar-refractivity contribution in [3.63, 3.8) is 0 Å². The first-order valence-electron chi connectivity index (χ1n) is 4.09. The Morgan fingerprint density at radius 3 is 2.09 bits per heavy atom. The lowest BCUT2D eigenvalue weighted by molar-refractivity contribution is 0.160. The van der Waals surface area contributed by atoms with Gasteiger partial charge in [0.2, 0.25) is 0 Å². The highest BCUT2D eigenvalue weighted by Crippen LogP contribution is 2.21. The molecule has 0 rings (SSSR count). The molecule has 0 saturated carbocycles. The molecule has 0 saturated heterocycles. The first kappa shape index (κ1) is 11.2. The minimum absolute atomic E-state index is 0.144. The van der Waals surface area contributed by atoms with Crippen molar-refractivity contribution in [2.75, 3.05) is 13.2 Å². The summed E-state index contributed by atoms with van der Waals surface area (Å²) in [6.07, 6.45) is 3.90. The summed E-state index contributed by atoms with van der Waals surface area (Å²) in [5.74, 6) is 0. The lowest BCUT2D eigenvalue weighted by atomic mass is 10.0. The van der Waals surface area contributed by atoms with Crippen molar-refractivity contribution in [1.29, 1.82) is 0 Å². The van der Waals surface area contributed by atoms with Crippen molar-refractivity contribution in [3.8, 4) is 0 Å². The molecule has 0 atom stereocenters.